The Morgan fingerprint density at radius 1 is 1.05 bits per heavy atom. The van der Waals surface area contributed by atoms with Gasteiger partial charge in [0, 0.05) is 32.1 Å². The van der Waals surface area contributed by atoms with E-state index in [2.05, 4.69) is 10.2 Å². The molecule has 0 aromatic carbocycles. The standard InChI is InChI=1S/C17H30N2O2/c20-17(21)8-15-7-16(18-9-13-3-1-2-4-13)12-19(11-15)10-14-5-6-14/h13-16,18H,1-12H2,(H,20,21). The van der Waals surface area contributed by atoms with Gasteiger partial charge in [0.25, 0.3) is 0 Å². The Morgan fingerprint density at radius 2 is 1.81 bits per heavy atom. The predicted molar refractivity (Wildman–Crippen MR) is 83.3 cm³/mol. The van der Waals surface area contributed by atoms with E-state index in [4.69, 9.17) is 5.11 Å². The zero-order valence-electron chi connectivity index (χ0n) is 13.1. The predicted octanol–water partition coefficient (Wildman–Crippen LogP) is 2.34. The SMILES string of the molecule is O=C(O)CC1CC(NCC2CCCC2)CN(CC2CC2)C1. The lowest BCUT2D eigenvalue weighted by Crippen LogP contribution is -2.50. The molecule has 1 aliphatic heterocycles. The summed E-state index contributed by atoms with van der Waals surface area (Å²) in [6, 6.07) is 0.502. The summed E-state index contributed by atoms with van der Waals surface area (Å²) in [7, 11) is 0. The van der Waals surface area contributed by atoms with Crippen molar-refractivity contribution >= 4 is 5.97 Å². The van der Waals surface area contributed by atoms with Gasteiger partial charge >= 0.3 is 5.97 Å². The van der Waals surface area contributed by atoms with Crippen LogP contribution in [0.15, 0.2) is 0 Å². The maximum atomic E-state index is 11.0. The minimum absolute atomic E-state index is 0.330. The smallest absolute Gasteiger partial charge is 0.303 e. The van der Waals surface area contributed by atoms with Crippen LogP contribution in [0.3, 0.4) is 0 Å². The second-order valence-corrected chi connectivity index (χ2v) is 7.62. The molecule has 2 N–H and O–H groups in total. The van der Waals surface area contributed by atoms with Crippen molar-refractivity contribution in [2.45, 2.75) is 57.4 Å². The van der Waals surface area contributed by atoms with E-state index in [1.165, 1.54) is 45.1 Å². The number of carboxylic acids is 1. The molecule has 2 aliphatic carbocycles. The molecule has 0 aromatic rings. The quantitative estimate of drug-likeness (QED) is 0.757. The van der Waals surface area contributed by atoms with Crippen LogP contribution in [-0.4, -0.2) is 48.2 Å². The molecule has 0 bridgehead atoms. The summed E-state index contributed by atoms with van der Waals surface area (Å²) >= 11 is 0. The molecule has 2 atom stereocenters. The van der Waals surface area contributed by atoms with Crippen molar-refractivity contribution < 1.29 is 9.90 Å². The fourth-order valence-electron chi connectivity index (χ4n) is 4.21. The van der Waals surface area contributed by atoms with Crippen LogP contribution in [0.25, 0.3) is 0 Å². The van der Waals surface area contributed by atoms with E-state index in [9.17, 15) is 4.79 Å². The molecule has 120 valence electrons. The fraction of sp³-hybridized carbons (Fsp3) is 0.941. The molecule has 2 unspecified atom stereocenters. The molecular weight excluding hydrogens is 264 g/mol. The van der Waals surface area contributed by atoms with E-state index in [-0.39, 0.29) is 0 Å². The van der Waals surface area contributed by atoms with Gasteiger partial charge in [-0.3, -0.25) is 4.79 Å². The monoisotopic (exact) mass is 294 g/mol. The molecule has 0 radical (unpaired) electrons. The lowest BCUT2D eigenvalue weighted by molar-refractivity contribution is -0.138. The van der Waals surface area contributed by atoms with Crippen molar-refractivity contribution in [3.8, 4) is 0 Å². The molecule has 4 nitrogen and oxygen atoms in total. The number of hydrogen-bond acceptors (Lipinski definition) is 3. The topological polar surface area (TPSA) is 52.6 Å². The molecule has 3 rings (SSSR count). The zero-order valence-corrected chi connectivity index (χ0v) is 13.1. The van der Waals surface area contributed by atoms with Gasteiger partial charge in [-0.25, -0.2) is 0 Å². The van der Waals surface area contributed by atoms with Gasteiger partial charge in [0.15, 0.2) is 0 Å². The van der Waals surface area contributed by atoms with E-state index in [0.717, 1.165) is 37.9 Å². The fourth-order valence-corrected chi connectivity index (χ4v) is 4.21. The summed E-state index contributed by atoms with van der Waals surface area (Å²) in [6.45, 7) is 4.45. The van der Waals surface area contributed by atoms with Gasteiger partial charge in [0.1, 0.15) is 0 Å². The summed E-state index contributed by atoms with van der Waals surface area (Å²) in [6.07, 6.45) is 9.68. The van der Waals surface area contributed by atoms with Crippen molar-refractivity contribution in [2.24, 2.45) is 17.8 Å². The average molecular weight is 294 g/mol. The summed E-state index contributed by atoms with van der Waals surface area (Å²) in [5.74, 6) is 1.45. The first-order valence-electron chi connectivity index (χ1n) is 8.86. The first-order chi connectivity index (χ1) is 10.2. The highest BCUT2D eigenvalue weighted by molar-refractivity contribution is 5.67. The van der Waals surface area contributed by atoms with Crippen LogP contribution in [0.1, 0.15) is 51.4 Å². The third-order valence-corrected chi connectivity index (χ3v) is 5.46. The number of rotatable bonds is 7. The number of aliphatic carboxylic acids is 1. The van der Waals surface area contributed by atoms with Gasteiger partial charge in [-0.1, -0.05) is 12.8 Å². The second-order valence-electron chi connectivity index (χ2n) is 7.62. The molecule has 0 spiro atoms. The Hall–Kier alpha value is -0.610. The van der Waals surface area contributed by atoms with Crippen molar-refractivity contribution in [3.05, 3.63) is 0 Å². The lowest BCUT2D eigenvalue weighted by Gasteiger charge is -2.38. The third-order valence-electron chi connectivity index (χ3n) is 5.46. The Kier molecular flexibility index (Phi) is 5.17. The molecule has 21 heavy (non-hydrogen) atoms. The van der Waals surface area contributed by atoms with E-state index >= 15 is 0 Å². The van der Waals surface area contributed by atoms with Crippen molar-refractivity contribution in [1.82, 2.24) is 10.2 Å². The number of hydrogen-bond donors (Lipinski definition) is 2. The van der Waals surface area contributed by atoms with Crippen LogP contribution in [0, 0.1) is 17.8 Å². The maximum Gasteiger partial charge on any atom is 0.303 e. The summed E-state index contributed by atoms with van der Waals surface area (Å²) in [5, 5.41) is 12.9. The van der Waals surface area contributed by atoms with E-state index in [1.54, 1.807) is 0 Å². The van der Waals surface area contributed by atoms with Crippen molar-refractivity contribution in [3.63, 3.8) is 0 Å². The summed E-state index contributed by atoms with van der Waals surface area (Å²) in [5.41, 5.74) is 0. The Morgan fingerprint density at radius 3 is 2.48 bits per heavy atom. The minimum atomic E-state index is -0.636. The van der Waals surface area contributed by atoms with E-state index in [0.29, 0.717) is 18.4 Å². The van der Waals surface area contributed by atoms with Gasteiger partial charge in [0.2, 0.25) is 0 Å². The number of piperidine rings is 1. The van der Waals surface area contributed by atoms with Gasteiger partial charge in [0.05, 0.1) is 0 Å². The second kappa shape index (κ2) is 7.10. The number of nitrogens with one attached hydrogen (secondary N) is 1. The van der Waals surface area contributed by atoms with Crippen LogP contribution < -0.4 is 5.32 Å². The van der Waals surface area contributed by atoms with E-state index < -0.39 is 5.97 Å². The minimum Gasteiger partial charge on any atom is -0.481 e. The van der Waals surface area contributed by atoms with Crippen molar-refractivity contribution in [2.75, 3.05) is 26.2 Å². The molecule has 2 saturated carbocycles. The first-order valence-corrected chi connectivity index (χ1v) is 8.86. The zero-order chi connectivity index (χ0) is 14.7. The van der Waals surface area contributed by atoms with Crippen LogP contribution >= 0.6 is 0 Å². The highest BCUT2D eigenvalue weighted by atomic mass is 16.4. The summed E-state index contributed by atoms with van der Waals surface area (Å²) < 4.78 is 0. The molecule has 4 heteroatoms. The maximum absolute atomic E-state index is 11.0. The number of carboxylic acid groups (broad SMARTS) is 1. The Balaban J connectivity index is 1.48. The number of carbonyl (C=O) groups is 1. The summed E-state index contributed by atoms with van der Waals surface area (Å²) in [4.78, 5) is 13.6. The number of nitrogens with zero attached hydrogens (tertiary/aromatic N) is 1. The first kappa shape index (κ1) is 15.3. The highest BCUT2D eigenvalue weighted by Crippen LogP contribution is 2.32. The molecular formula is C17H30N2O2. The molecule has 0 aromatic heterocycles. The van der Waals surface area contributed by atoms with Crippen LogP contribution in [0.4, 0.5) is 0 Å². The van der Waals surface area contributed by atoms with Crippen molar-refractivity contribution in [1.29, 1.82) is 0 Å². The van der Waals surface area contributed by atoms with Gasteiger partial charge in [-0.15, -0.1) is 0 Å². The van der Waals surface area contributed by atoms with Crippen LogP contribution in [-0.2, 0) is 4.79 Å². The molecule has 3 aliphatic rings. The number of likely N-dealkylation sites (tertiary alicyclic amines) is 1. The third kappa shape index (κ3) is 4.96. The van der Waals surface area contributed by atoms with Gasteiger partial charge in [-0.05, 0) is 56.4 Å². The lowest BCUT2D eigenvalue weighted by atomic mass is 9.91. The Labute approximate surface area is 128 Å². The van der Waals surface area contributed by atoms with Gasteiger partial charge in [-0.2, -0.15) is 0 Å². The normalized spacial score (nSPS) is 31.6. The largest absolute Gasteiger partial charge is 0.481 e. The average Bonchev–Trinajstić information content (AvgIpc) is 3.08. The highest BCUT2D eigenvalue weighted by Gasteiger charge is 2.32. The Bertz CT molecular complexity index is 351. The molecule has 3 fully saturated rings. The van der Waals surface area contributed by atoms with E-state index in [1.807, 2.05) is 0 Å². The van der Waals surface area contributed by atoms with Crippen LogP contribution in [0.2, 0.25) is 0 Å². The van der Waals surface area contributed by atoms with Crippen LogP contribution in [0.5, 0.6) is 0 Å². The molecule has 1 saturated heterocycles. The molecule has 0 amide bonds. The molecule has 1 heterocycles. The van der Waals surface area contributed by atoms with Gasteiger partial charge < -0.3 is 15.3 Å².